The molecule has 0 spiro atoms. The Bertz CT molecular complexity index is 714. The first kappa shape index (κ1) is 18.4. The van der Waals surface area contributed by atoms with E-state index < -0.39 is 5.41 Å². The summed E-state index contributed by atoms with van der Waals surface area (Å²) < 4.78 is 19.7. The van der Waals surface area contributed by atoms with E-state index >= 15 is 0 Å². The summed E-state index contributed by atoms with van der Waals surface area (Å²) in [6.45, 7) is 4.78. The SMILES string of the molecule is O=C1CN(C(=O)C2(Cc3ccccc3F)CN(CC3CCOC3)C2)CCN1. The molecular weight excluding hydrogens is 349 g/mol. The van der Waals surface area contributed by atoms with Crippen LogP contribution in [-0.4, -0.2) is 74.1 Å². The highest BCUT2D eigenvalue weighted by molar-refractivity contribution is 5.90. The molecule has 0 saturated carbocycles. The van der Waals surface area contributed by atoms with E-state index in [2.05, 4.69) is 10.2 Å². The van der Waals surface area contributed by atoms with E-state index in [1.165, 1.54) is 6.07 Å². The van der Waals surface area contributed by atoms with Gasteiger partial charge in [0.2, 0.25) is 11.8 Å². The van der Waals surface area contributed by atoms with Crippen LogP contribution in [0, 0.1) is 17.2 Å². The van der Waals surface area contributed by atoms with Crippen molar-refractivity contribution in [1.82, 2.24) is 15.1 Å². The third kappa shape index (κ3) is 3.84. The number of rotatable bonds is 5. The average molecular weight is 375 g/mol. The zero-order valence-corrected chi connectivity index (χ0v) is 15.5. The first-order valence-corrected chi connectivity index (χ1v) is 9.65. The van der Waals surface area contributed by atoms with Gasteiger partial charge in [0.25, 0.3) is 0 Å². The molecule has 1 aromatic rings. The van der Waals surface area contributed by atoms with Gasteiger partial charge in [0.15, 0.2) is 0 Å². The largest absolute Gasteiger partial charge is 0.381 e. The van der Waals surface area contributed by atoms with E-state index in [0.717, 1.165) is 26.2 Å². The number of nitrogens with zero attached hydrogens (tertiary/aromatic N) is 2. The van der Waals surface area contributed by atoms with Crippen molar-refractivity contribution in [2.45, 2.75) is 12.8 Å². The second-order valence-corrected chi connectivity index (χ2v) is 8.02. The molecule has 3 fully saturated rings. The van der Waals surface area contributed by atoms with Gasteiger partial charge in [0, 0.05) is 39.3 Å². The van der Waals surface area contributed by atoms with Gasteiger partial charge in [-0.05, 0) is 30.4 Å². The van der Waals surface area contributed by atoms with Crippen LogP contribution < -0.4 is 5.32 Å². The van der Waals surface area contributed by atoms with Crippen molar-refractivity contribution in [1.29, 1.82) is 0 Å². The smallest absolute Gasteiger partial charge is 0.239 e. The molecule has 0 aliphatic carbocycles. The maximum absolute atomic E-state index is 14.3. The minimum absolute atomic E-state index is 0.0282. The molecule has 3 aliphatic rings. The third-order valence-electron chi connectivity index (χ3n) is 5.86. The zero-order valence-electron chi connectivity index (χ0n) is 15.5. The van der Waals surface area contributed by atoms with E-state index in [4.69, 9.17) is 4.74 Å². The Balaban J connectivity index is 1.50. The van der Waals surface area contributed by atoms with Crippen molar-refractivity contribution in [3.8, 4) is 0 Å². The zero-order chi connectivity index (χ0) is 18.9. The van der Waals surface area contributed by atoms with Crippen molar-refractivity contribution in [2.24, 2.45) is 11.3 Å². The topological polar surface area (TPSA) is 61.9 Å². The molecule has 6 nitrogen and oxygen atoms in total. The molecule has 0 aromatic heterocycles. The first-order chi connectivity index (χ1) is 13.1. The Kier molecular flexibility index (Phi) is 5.14. The van der Waals surface area contributed by atoms with Gasteiger partial charge < -0.3 is 19.9 Å². The number of benzene rings is 1. The second kappa shape index (κ2) is 7.56. The van der Waals surface area contributed by atoms with Crippen LogP contribution in [0.3, 0.4) is 0 Å². The van der Waals surface area contributed by atoms with E-state index in [1.807, 2.05) is 0 Å². The number of amides is 2. The number of nitrogens with one attached hydrogen (secondary N) is 1. The molecule has 3 aliphatic heterocycles. The van der Waals surface area contributed by atoms with Crippen LogP contribution in [0.2, 0.25) is 0 Å². The lowest BCUT2D eigenvalue weighted by molar-refractivity contribution is -0.157. The number of hydrogen-bond donors (Lipinski definition) is 1. The number of carbonyl (C=O) groups excluding carboxylic acids is 2. The fraction of sp³-hybridized carbons (Fsp3) is 0.600. The van der Waals surface area contributed by atoms with Crippen molar-refractivity contribution >= 4 is 11.8 Å². The van der Waals surface area contributed by atoms with E-state index in [1.54, 1.807) is 23.1 Å². The maximum atomic E-state index is 14.3. The van der Waals surface area contributed by atoms with Gasteiger partial charge in [-0.1, -0.05) is 18.2 Å². The number of carbonyl (C=O) groups is 2. The molecule has 1 aromatic carbocycles. The number of hydrogen-bond acceptors (Lipinski definition) is 4. The summed E-state index contributed by atoms with van der Waals surface area (Å²) in [5, 5.41) is 2.75. The van der Waals surface area contributed by atoms with Crippen LogP contribution in [0.5, 0.6) is 0 Å². The van der Waals surface area contributed by atoms with Crippen molar-refractivity contribution < 1.29 is 18.7 Å². The molecule has 0 bridgehead atoms. The molecular formula is C20H26FN3O3. The van der Waals surface area contributed by atoms with E-state index in [0.29, 0.717) is 44.1 Å². The maximum Gasteiger partial charge on any atom is 0.239 e. The Morgan fingerprint density at radius 1 is 1.33 bits per heavy atom. The van der Waals surface area contributed by atoms with Gasteiger partial charge >= 0.3 is 0 Å². The quantitative estimate of drug-likeness (QED) is 0.822. The van der Waals surface area contributed by atoms with Gasteiger partial charge in [-0.2, -0.15) is 0 Å². The summed E-state index contributed by atoms with van der Waals surface area (Å²) >= 11 is 0. The molecule has 1 atom stereocenters. The van der Waals surface area contributed by atoms with E-state index in [-0.39, 0.29) is 24.2 Å². The average Bonchev–Trinajstić information content (AvgIpc) is 3.14. The molecule has 3 heterocycles. The highest BCUT2D eigenvalue weighted by Crippen LogP contribution is 2.38. The van der Waals surface area contributed by atoms with Crippen LogP contribution in [0.1, 0.15) is 12.0 Å². The first-order valence-electron chi connectivity index (χ1n) is 9.65. The lowest BCUT2D eigenvalue weighted by atomic mass is 9.72. The second-order valence-electron chi connectivity index (χ2n) is 8.02. The molecule has 1 N–H and O–H groups in total. The summed E-state index contributed by atoms with van der Waals surface area (Å²) in [7, 11) is 0. The number of piperazine rings is 1. The molecule has 3 saturated heterocycles. The number of likely N-dealkylation sites (tertiary alicyclic amines) is 1. The normalized spacial score (nSPS) is 25.1. The molecule has 0 radical (unpaired) electrons. The highest BCUT2D eigenvalue weighted by atomic mass is 19.1. The number of ether oxygens (including phenoxy) is 1. The lowest BCUT2D eigenvalue weighted by Gasteiger charge is -2.51. The summed E-state index contributed by atoms with van der Waals surface area (Å²) in [5.74, 6) is 0.0745. The Hall–Kier alpha value is -1.99. The van der Waals surface area contributed by atoms with Crippen molar-refractivity contribution in [2.75, 3.05) is 52.5 Å². The minimum Gasteiger partial charge on any atom is -0.381 e. The fourth-order valence-electron chi connectivity index (χ4n) is 4.51. The summed E-state index contributed by atoms with van der Waals surface area (Å²) in [6, 6.07) is 6.65. The third-order valence-corrected chi connectivity index (χ3v) is 5.86. The highest BCUT2D eigenvalue weighted by Gasteiger charge is 2.51. The van der Waals surface area contributed by atoms with Crippen molar-refractivity contribution in [3.63, 3.8) is 0 Å². The predicted molar refractivity (Wildman–Crippen MR) is 97.5 cm³/mol. The van der Waals surface area contributed by atoms with Crippen LogP contribution >= 0.6 is 0 Å². The summed E-state index contributed by atoms with van der Waals surface area (Å²) in [4.78, 5) is 28.9. The summed E-state index contributed by atoms with van der Waals surface area (Å²) in [5.41, 5.74) is -0.0876. The molecule has 7 heteroatoms. The standard InChI is InChI=1S/C20H26FN3O3/c21-17-4-2-1-3-16(17)9-20(19(26)24-7-6-22-18(25)11-24)13-23(14-20)10-15-5-8-27-12-15/h1-4,15H,5-14H2,(H,22,25). The Morgan fingerprint density at radius 2 is 2.15 bits per heavy atom. The van der Waals surface area contributed by atoms with Crippen LogP contribution in [-0.2, 0) is 20.7 Å². The lowest BCUT2D eigenvalue weighted by Crippen LogP contribution is -2.67. The summed E-state index contributed by atoms with van der Waals surface area (Å²) in [6.07, 6.45) is 1.42. The molecule has 1 unspecified atom stereocenters. The van der Waals surface area contributed by atoms with Crippen LogP contribution in [0.15, 0.2) is 24.3 Å². The van der Waals surface area contributed by atoms with Crippen LogP contribution in [0.25, 0.3) is 0 Å². The fourth-order valence-corrected chi connectivity index (χ4v) is 4.51. The van der Waals surface area contributed by atoms with Gasteiger partial charge in [-0.15, -0.1) is 0 Å². The van der Waals surface area contributed by atoms with Gasteiger partial charge in [-0.3, -0.25) is 9.59 Å². The molecule has 146 valence electrons. The monoisotopic (exact) mass is 375 g/mol. The Morgan fingerprint density at radius 3 is 2.85 bits per heavy atom. The predicted octanol–water partition coefficient (Wildman–Crippen LogP) is 0.665. The van der Waals surface area contributed by atoms with Gasteiger partial charge in [-0.25, -0.2) is 4.39 Å². The molecule has 4 rings (SSSR count). The molecule has 2 amide bonds. The van der Waals surface area contributed by atoms with Gasteiger partial charge in [0.1, 0.15) is 5.82 Å². The van der Waals surface area contributed by atoms with E-state index in [9.17, 15) is 14.0 Å². The molecule has 27 heavy (non-hydrogen) atoms. The number of halogens is 1. The van der Waals surface area contributed by atoms with Crippen LogP contribution in [0.4, 0.5) is 4.39 Å². The van der Waals surface area contributed by atoms with Gasteiger partial charge in [0.05, 0.1) is 18.6 Å². The minimum atomic E-state index is -0.653. The Labute approximate surface area is 158 Å². The van der Waals surface area contributed by atoms with Crippen molar-refractivity contribution in [3.05, 3.63) is 35.6 Å².